The van der Waals surface area contributed by atoms with Crippen LogP contribution < -0.4 is 0 Å². The first-order valence-corrected chi connectivity index (χ1v) is 19.6. The molecule has 5 heteroatoms. The molecule has 3 unspecified atom stereocenters. The third-order valence-electron chi connectivity index (χ3n) is 11.0. The van der Waals surface area contributed by atoms with Gasteiger partial charge in [0, 0.05) is 37.5 Å². The normalized spacial score (nSPS) is 29.6. The first kappa shape index (κ1) is 42.1. The van der Waals surface area contributed by atoms with Crippen molar-refractivity contribution in [1.82, 2.24) is 4.90 Å². The molecule has 0 saturated heterocycles. The van der Waals surface area contributed by atoms with Gasteiger partial charge in [0.1, 0.15) is 11.6 Å². The number of rotatable bonds is 14. The molecule has 1 aliphatic carbocycles. The van der Waals surface area contributed by atoms with Crippen LogP contribution in [0.5, 0.6) is 0 Å². The monoisotopic (exact) mass is 648 g/mol. The van der Waals surface area contributed by atoms with Gasteiger partial charge in [-0.15, -0.1) is 0 Å². The predicted molar refractivity (Wildman–Crippen MR) is 198 cm³/mol. The van der Waals surface area contributed by atoms with E-state index in [0.717, 1.165) is 56.5 Å². The molecule has 45 heavy (non-hydrogen) atoms. The van der Waals surface area contributed by atoms with E-state index in [1.54, 1.807) is 0 Å². The van der Waals surface area contributed by atoms with Crippen LogP contribution in [0.15, 0.2) is 23.3 Å². The second-order valence-electron chi connectivity index (χ2n) is 15.3. The van der Waals surface area contributed by atoms with Crippen molar-refractivity contribution in [2.24, 2.45) is 41.4 Å². The Labute approximate surface area is 284 Å². The fourth-order valence-corrected chi connectivity index (χ4v) is 8.87. The van der Waals surface area contributed by atoms with Crippen molar-refractivity contribution in [3.05, 3.63) is 23.3 Å². The highest BCUT2D eigenvalue weighted by atomic mass is 32.2. The number of carbonyl (C=O) groups is 2. The Balaban J connectivity index is 3.48. The van der Waals surface area contributed by atoms with Crippen LogP contribution in [0.1, 0.15) is 139 Å². The zero-order chi connectivity index (χ0) is 34.1. The van der Waals surface area contributed by atoms with E-state index in [9.17, 15) is 14.7 Å². The molecule has 1 aliphatic rings. The Kier molecular flexibility index (Phi) is 21.2. The Morgan fingerprint density at radius 1 is 1.07 bits per heavy atom. The van der Waals surface area contributed by atoms with Gasteiger partial charge in [-0.25, -0.2) is 0 Å². The number of ketones is 2. The third kappa shape index (κ3) is 16.2. The molecule has 8 atom stereocenters. The maximum atomic E-state index is 13.4. The molecule has 0 aromatic carbocycles. The molecule has 0 radical (unpaired) electrons. The van der Waals surface area contributed by atoms with Crippen LogP contribution >= 0.6 is 11.8 Å². The molecule has 0 saturated carbocycles. The van der Waals surface area contributed by atoms with E-state index in [2.05, 4.69) is 93.5 Å². The van der Waals surface area contributed by atoms with Crippen molar-refractivity contribution in [2.75, 3.05) is 25.6 Å². The predicted octanol–water partition coefficient (Wildman–Crippen LogP) is 10.2. The van der Waals surface area contributed by atoms with Crippen LogP contribution in [-0.2, 0) is 9.59 Å². The molecular formula is C40H73NO3S. The largest absolute Gasteiger partial charge is 0.392 e. The lowest BCUT2D eigenvalue weighted by molar-refractivity contribution is -0.123. The van der Waals surface area contributed by atoms with Gasteiger partial charge in [-0.3, -0.25) is 9.59 Å². The van der Waals surface area contributed by atoms with Gasteiger partial charge < -0.3 is 10.0 Å². The second-order valence-corrected chi connectivity index (χ2v) is 16.4. The zero-order valence-corrected chi connectivity index (χ0v) is 32.2. The second kappa shape index (κ2) is 22.6. The van der Waals surface area contributed by atoms with Gasteiger partial charge in [-0.1, -0.05) is 84.1 Å². The van der Waals surface area contributed by atoms with Gasteiger partial charge in [-0.2, -0.15) is 11.8 Å². The number of nitrogens with zero attached hydrogens (tertiary/aromatic N) is 1. The molecule has 4 nitrogen and oxygen atoms in total. The first-order valence-electron chi connectivity index (χ1n) is 18.5. The van der Waals surface area contributed by atoms with Crippen LogP contribution in [0.25, 0.3) is 0 Å². The number of allylic oxidation sites excluding steroid dienone is 3. The molecule has 0 amide bonds. The smallest absolute Gasteiger partial charge is 0.135 e. The Bertz CT molecular complexity index is 901. The van der Waals surface area contributed by atoms with E-state index in [4.69, 9.17) is 0 Å². The van der Waals surface area contributed by atoms with Gasteiger partial charge >= 0.3 is 0 Å². The van der Waals surface area contributed by atoms with Crippen molar-refractivity contribution >= 4 is 23.3 Å². The number of aliphatic hydroxyl groups is 1. The number of Topliss-reactive ketones (excluding diaryl/α,β-unsaturated/α-hetero) is 2. The molecular weight excluding hydrogens is 575 g/mol. The lowest BCUT2D eigenvalue weighted by atomic mass is 9.69. The molecule has 0 bridgehead atoms. The van der Waals surface area contributed by atoms with Crippen LogP contribution in [0, 0.1) is 41.4 Å². The summed E-state index contributed by atoms with van der Waals surface area (Å²) in [6.45, 7) is 20.0. The SMILES string of the molecule is C/C=C(\C)CSCCC1CCC(=O)CC/C(C)=C/[C@H](C)[C@@H](CC)CC(=O)CC(O)[C@H](C)C1C[C@H](CCC)C[C@@H](C(C)C)N(C)C. The quantitative estimate of drug-likeness (QED) is 0.150. The van der Waals surface area contributed by atoms with Gasteiger partial charge in [-0.05, 0) is 114 Å². The molecule has 0 heterocycles. The molecule has 0 aliphatic heterocycles. The van der Waals surface area contributed by atoms with Crippen molar-refractivity contribution in [3.8, 4) is 0 Å². The summed E-state index contributed by atoms with van der Waals surface area (Å²) < 4.78 is 0. The maximum absolute atomic E-state index is 13.4. The van der Waals surface area contributed by atoms with E-state index in [1.807, 2.05) is 11.8 Å². The summed E-state index contributed by atoms with van der Waals surface area (Å²) in [7, 11) is 4.41. The van der Waals surface area contributed by atoms with E-state index in [-0.39, 0.29) is 35.9 Å². The van der Waals surface area contributed by atoms with E-state index >= 15 is 0 Å². The summed E-state index contributed by atoms with van der Waals surface area (Å²) >= 11 is 1.99. The lowest BCUT2D eigenvalue weighted by Crippen LogP contribution is -2.37. The standard InChI is InChI=1S/C40H73NO3S/c1-12-15-33(24-39(28(4)5)41(10)11)23-38-32(9)40(44)26-37(43)25-34(14-3)31(8)22-30(7)16-18-36(42)19-17-35(38)20-21-45-27-29(6)13-2/h13,22,28,31-35,38-40,44H,12,14-21,23-27H2,1-11H3/b29-13+,30-22+/t31-,32+,33-,34-,35?,38?,39-,40?/m0/s1. The lowest BCUT2D eigenvalue weighted by Gasteiger charge is -2.39. The minimum absolute atomic E-state index is 0.0140. The summed E-state index contributed by atoms with van der Waals surface area (Å²) in [5.41, 5.74) is 2.66. The topological polar surface area (TPSA) is 57.6 Å². The summed E-state index contributed by atoms with van der Waals surface area (Å²) in [4.78, 5) is 29.1. The Morgan fingerprint density at radius 3 is 2.33 bits per heavy atom. The number of hydrogen-bond acceptors (Lipinski definition) is 5. The molecule has 262 valence electrons. The minimum Gasteiger partial charge on any atom is -0.392 e. The van der Waals surface area contributed by atoms with E-state index < -0.39 is 6.10 Å². The summed E-state index contributed by atoms with van der Waals surface area (Å²) in [5, 5.41) is 11.7. The zero-order valence-electron chi connectivity index (χ0n) is 31.4. The van der Waals surface area contributed by atoms with E-state index in [1.165, 1.54) is 17.6 Å². The molecule has 1 rings (SSSR count). The molecule has 0 fully saturated rings. The highest BCUT2D eigenvalue weighted by Crippen LogP contribution is 2.40. The Morgan fingerprint density at radius 2 is 1.76 bits per heavy atom. The summed E-state index contributed by atoms with van der Waals surface area (Å²) in [5.74, 6) is 5.02. The van der Waals surface area contributed by atoms with Crippen molar-refractivity contribution in [2.45, 2.75) is 152 Å². The van der Waals surface area contributed by atoms with Gasteiger partial charge in [0.05, 0.1) is 6.10 Å². The number of hydrogen-bond donors (Lipinski definition) is 1. The highest BCUT2D eigenvalue weighted by Gasteiger charge is 2.35. The number of carbonyl (C=O) groups excluding carboxylic acids is 2. The average molecular weight is 648 g/mol. The van der Waals surface area contributed by atoms with Crippen LogP contribution in [0.4, 0.5) is 0 Å². The third-order valence-corrected chi connectivity index (χ3v) is 12.2. The van der Waals surface area contributed by atoms with Gasteiger partial charge in [0.2, 0.25) is 0 Å². The molecule has 0 spiro atoms. The van der Waals surface area contributed by atoms with Crippen molar-refractivity contribution in [3.63, 3.8) is 0 Å². The minimum atomic E-state index is -0.645. The van der Waals surface area contributed by atoms with Gasteiger partial charge in [0.15, 0.2) is 0 Å². The molecule has 0 aromatic heterocycles. The highest BCUT2D eigenvalue weighted by molar-refractivity contribution is 7.99. The number of aliphatic hydroxyl groups excluding tert-OH is 1. The average Bonchev–Trinajstić information content (AvgIpc) is 2.98. The van der Waals surface area contributed by atoms with Crippen LogP contribution in [-0.4, -0.2) is 59.3 Å². The molecule has 1 N–H and O–H groups in total. The fraction of sp³-hybridized carbons (Fsp3) is 0.850. The van der Waals surface area contributed by atoms with Crippen molar-refractivity contribution < 1.29 is 14.7 Å². The fourth-order valence-electron chi connectivity index (χ4n) is 7.76. The Hall–Kier alpha value is -0.910. The van der Waals surface area contributed by atoms with Gasteiger partial charge in [0.25, 0.3) is 0 Å². The van der Waals surface area contributed by atoms with Crippen LogP contribution in [0.3, 0.4) is 0 Å². The maximum Gasteiger partial charge on any atom is 0.135 e. The first-order chi connectivity index (χ1) is 21.2. The van der Waals surface area contributed by atoms with Crippen LogP contribution in [0.2, 0.25) is 0 Å². The van der Waals surface area contributed by atoms with E-state index in [0.29, 0.717) is 48.8 Å². The molecule has 0 aromatic rings. The van der Waals surface area contributed by atoms with Crippen molar-refractivity contribution in [1.29, 1.82) is 0 Å². The number of thioether (sulfide) groups is 1. The summed E-state index contributed by atoms with van der Waals surface area (Å²) in [6.07, 6.45) is 14.1. The summed E-state index contributed by atoms with van der Waals surface area (Å²) in [6, 6.07) is 0.512.